The highest BCUT2D eigenvalue weighted by Crippen LogP contribution is 2.14. The molecule has 2 atom stereocenters. The van der Waals surface area contributed by atoms with Crippen LogP contribution in [-0.4, -0.2) is 34.0 Å². The zero-order chi connectivity index (χ0) is 18.1. The smallest absolute Gasteiger partial charge is 0.238 e. The first kappa shape index (κ1) is 20.5. The molecule has 2 N–H and O–H groups in total. The van der Waals surface area contributed by atoms with Crippen LogP contribution in [0.25, 0.3) is 0 Å². The van der Waals surface area contributed by atoms with Crippen LogP contribution in [0.3, 0.4) is 0 Å². The third-order valence-electron chi connectivity index (χ3n) is 3.54. The molecule has 7 heteroatoms. The Bertz CT molecular complexity index is 531. The molecule has 1 rings (SSSR count). The number of hydrogen-bond donors (Lipinski definition) is 2. The number of aromatic nitrogens is 1. The SMILES string of the molecule is Cc1cc(NC(=O)[C@@H](C)SCC(=O)N[C@H](C)CCCC(C)C)no1. The van der Waals surface area contributed by atoms with Gasteiger partial charge < -0.3 is 15.2 Å². The molecule has 0 spiro atoms. The number of anilines is 1. The number of amides is 2. The highest BCUT2D eigenvalue weighted by molar-refractivity contribution is 8.01. The van der Waals surface area contributed by atoms with Crippen molar-refractivity contribution < 1.29 is 14.1 Å². The Hall–Kier alpha value is -1.50. The average Bonchev–Trinajstić information content (AvgIpc) is 2.89. The normalized spacial score (nSPS) is 13.6. The predicted octanol–water partition coefficient (Wildman–Crippen LogP) is 3.37. The molecule has 0 aromatic carbocycles. The summed E-state index contributed by atoms with van der Waals surface area (Å²) in [5, 5.41) is 9.03. The van der Waals surface area contributed by atoms with Crippen LogP contribution in [0.5, 0.6) is 0 Å². The molecule has 1 aromatic heterocycles. The molecular formula is C17H29N3O3S. The van der Waals surface area contributed by atoms with E-state index in [0.29, 0.717) is 17.5 Å². The molecule has 2 amide bonds. The standard InChI is InChI=1S/C17H29N3O3S/c1-11(2)7-6-8-12(3)18-16(21)10-24-14(5)17(22)19-15-9-13(4)23-20-15/h9,11-12,14H,6-8,10H2,1-5H3,(H,18,21)(H,19,20,22)/t12-,14-/m1/s1. The van der Waals surface area contributed by atoms with Gasteiger partial charge in [-0.2, -0.15) is 0 Å². The quantitative estimate of drug-likeness (QED) is 0.672. The molecule has 6 nitrogen and oxygen atoms in total. The Balaban J connectivity index is 2.23. The zero-order valence-corrected chi connectivity index (χ0v) is 16.0. The summed E-state index contributed by atoms with van der Waals surface area (Å²) < 4.78 is 4.90. The van der Waals surface area contributed by atoms with Crippen LogP contribution in [-0.2, 0) is 9.59 Å². The van der Waals surface area contributed by atoms with Crippen molar-refractivity contribution >= 4 is 29.4 Å². The van der Waals surface area contributed by atoms with E-state index in [1.807, 2.05) is 6.92 Å². The topological polar surface area (TPSA) is 84.2 Å². The molecular weight excluding hydrogens is 326 g/mol. The second kappa shape index (κ2) is 10.4. The van der Waals surface area contributed by atoms with E-state index in [-0.39, 0.29) is 28.9 Å². The number of rotatable bonds is 10. The van der Waals surface area contributed by atoms with Crippen molar-refractivity contribution in [2.24, 2.45) is 5.92 Å². The van der Waals surface area contributed by atoms with Crippen LogP contribution in [0.1, 0.15) is 52.7 Å². The van der Waals surface area contributed by atoms with Crippen molar-refractivity contribution in [3.05, 3.63) is 11.8 Å². The first-order valence-corrected chi connectivity index (χ1v) is 9.48. The van der Waals surface area contributed by atoms with Crippen LogP contribution in [0.4, 0.5) is 5.82 Å². The van der Waals surface area contributed by atoms with E-state index >= 15 is 0 Å². The van der Waals surface area contributed by atoms with Crippen LogP contribution < -0.4 is 10.6 Å². The van der Waals surface area contributed by atoms with Gasteiger partial charge in [-0.05, 0) is 33.1 Å². The largest absolute Gasteiger partial charge is 0.360 e. The van der Waals surface area contributed by atoms with E-state index in [9.17, 15) is 9.59 Å². The first-order valence-electron chi connectivity index (χ1n) is 8.43. The number of nitrogens with zero attached hydrogens (tertiary/aromatic N) is 1. The van der Waals surface area contributed by atoms with E-state index in [2.05, 4.69) is 29.6 Å². The monoisotopic (exact) mass is 355 g/mol. The maximum Gasteiger partial charge on any atom is 0.238 e. The van der Waals surface area contributed by atoms with Gasteiger partial charge in [0.2, 0.25) is 11.8 Å². The average molecular weight is 356 g/mol. The van der Waals surface area contributed by atoms with Gasteiger partial charge in [-0.25, -0.2) is 0 Å². The molecule has 1 aromatic rings. The van der Waals surface area contributed by atoms with E-state index < -0.39 is 0 Å². The first-order chi connectivity index (χ1) is 11.3. The Morgan fingerprint density at radius 1 is 1.25 bits per heavy atom. The Kier molecular flexibility index (Phi) is 8.89. The number of aryl methyl sites for hydroxylation is 1. The highest BCUT2D eigenvalue weighted by atomic mass is 32.2. The number of nitrogens with one attached hydrogen (secondary N) is 2. The molecule has 0 fully saturated rings. The Morgan fingerprint density at radius 3 is 2.54 bits per heavy atom. The molecule has 0 aliphatic carbocycles. The zero-order valence-electron chi connectivity index (χ0n) is 15.2. The van der Waals surface area contributed by atoms with Crippen LogP contribution in [0.2, 0.25) is 0 Å². The lowest BCUT2D eigenvalue weighted by molar-refractivity contribution is -0.119. The third-order valence-corrected chi connectivity index (χ3v) is 4.68. The summed E-state index contributed by atoms with van der Waals surface area (Å²) in [6.45, 7) is 9.95. The lowest BCUT2D eigenvalue weighted by Gasteiger charge is -2.15. The van der Waals surface area contributed by atoms with E-state index in [0.717, 1.165) is 12.8 Å². The van der Waals surface area contributed by atoms with Gasteiger partial charge in [-0.1, -0.05) is 31.8 Å². The molecule has 0 saturated carbocycles. The Morgan fingerprint density at radius 2 is 1.96 bits per heavy atom. The van der Waals surface area contributed by atoms with Gasteiger partial charge in [0, 0.05) is 12.1 Å². The van der Waals surface area contributed by atoms with Gasteiger partial charge in [0.15, 0.2) is 5.82 Å². The van der Waals surface area contributed by atoms with Gasteiger partial charge in [0.1, 0.15) is 5.76 Å². The van der Waals surface area contributed by atoms with Gasteiger partial charge in [-0.3, -0.25) is 9.59 Å². The molecule has 0 radical (unpaired) electrons. The minimum atomic E-state index is -0.344. The molecule has 0 saturated heterocycles. The second-order valence-corrected chi connectivity index (χ2v) is 7.89. The third kappa shape index (κ3) is 8.38. The van der Waals surface area contributed by atoms with Crippen molar-refractivity contribution in [1.29, 1.82) is 0 Å². The molecule has 0 bridgehead atoms. The molecule has 0 aliphatic rings. The van der Waals surface area contributed by atoms with Crippen molar-refractivity contribution in [3.8, 4) is 0 Å². The fraction of sp³-hybridized carbons (Fsp3) is 0.706. The van der Waals surface area contributed by atoms with Crippen molar-refractivity contribution in [3.63, 3.8) is 0 Å². The van der Waals surface area contributed by atoms with E-state index in [4.69, 9.17) is 4.52 Å². The van der Waals surface area contributed by atoms with Gasteiger partial charge in [0.25, 0.3) is 0 Å². The maximum atomic E-state index is 12.0. The number of carbonyl (C=O) groups is 2. The molecule has 136 valence electrons. The molecule has 0 unspecified atom stereocenters. The predicted molar refractivity (Wildman–Crippen MR) is 98.1 cm³/mol. The van der Waals surface area contributed by atoms with E-state index in [1.165, 1.54) is 18.2 Å². The molecule has 0 aliphatic heterocycles. The summed E-state index contributed by atoms with van der Waals surface area (Å²) in [5.41, 5.74) is 0. The summed E-state index contributed by atoms with van der Waals surface area (Å²) in [6.07, 6.45) is 3.27. The summed E-state index contributed by atoms with van der Waals surface area (Å²) in [4.78, 5) is 24.0. The fourth-order valence-electron chi connectivity index (χ4n) is 2.15. The van der Waals surface area contributed by atoms with E-state index in [1.54, 1.807) is 19.9 Å². The van der Waals surface area contributed by atoms with Crippen molar-refractivity contribution in [1.82, 2.24) is 10.5 Å². The van der Waals surface area contributed by atoms with Gasteiger partial charge >= 0.3 is 0 Å². The maximum absolute atomic E-state index is 12.0. The minimum absolute atomic E-state index is 0.0334. The van der Waals surface area contributed by atoms with Crippen LogP contribution in [0.15, 0.2) is 10.6 Å². The molecule has 1 heterocycles. The summed E-state index contributed by atoms with van der Waals surface area (Å²) in [6, 6.07) is 1.82. The van der Waals surface area contributed by atoms with Crippen molar-refractivity contribution in [2.75, 3.05) is 11.1 Å². The van der Waals surface area contributed by atoms with Crippen LogP contribution in [0, 0.1) is 12.8 Å². The summed E-state index contributed by atoms with van der Waals surface area (Å²) in [5.74, 6) is 1.77. The number of thioether (sulfide) groups is 1. The molecule has 24 heavy (non-hydrogen) atoms. The fourth-order valence-corrected chi connectivity index (χ4v) is 2.85. The number of carbonyl (C=O) groups excluding carboxylic acids is 2. The second-order valence-electron chi connectivity index (χ2n) is 6.56. The minimum Gasteiger partial charge on any atom is -0.360 e. The summed E-state index contributed by atoms with van der Waals surface area (Å²) >= 11 is 1.31. The highest BCUT2D eigenvalue weighted by Gasteiger charge is 2.17. The van der Waals surface area contributed by atoms with Crippen LogP contribution >= 0.6 is 11.8 Å². The summed E-state index contributed by atoms with van der Waals surface area (Å²) in [7, 11) is 0. The van der Waals surface area contributed by atoms with Gasteiger partial charge in [0.05, 0.1) is 11.0 Å². The lowest BCUT2D eigenvalue weighted by Crippen LogP contribution is -2.35. The Labute approximate surface area is 148 Å². The number of hydrogen-bond acceptors (Lipinski definition) is 5. The van der Waals surface area contributed by atoms with Crippen molar-refractivity contribution in [2.45, 2.75) is 65.2 Å². The lowest BCUT2D eigenvalue weighted by atomic mass is 10.0. The van der Waals surface area contributed by atoms with Gasteiger partial charge in [-0.15, -0.1) is 11.8 Å².